The molecule has 5 rings (SSSR count). The molecule has 2 aromatic heterocycles. The summed E-state index contributed by atoms with van der Waals surface area (Å²) < 4.78 is 10.1. The molecule has 0 unspecified atom stereocenters. The molecule has 0 bridgehead atoms. The van der Waals surface area contributed by atoms with Gasteiger partial charge in [0.1, 0.15) is 0 Å². The first-order chi connectivity index (χ1) is 19.6. The maximum Gasteiger partial charge on any atom is 0.253 e. The Hall–Kier alpha value is -2.86. The van der Waals surface area contributed by atoms with Gasteiger partial charge in [0, 0.05) is 55.0 Å². The quantitative estimate of drug-likeness (QED) is 0.304. The van der Waals surface area contributed by atoms with Gasteiger partial charge >= 0.3 is 0 Å². The monoisotopic (exact) mass is 558 g/mol. The highest BCUT2D eigenvalue weighted by Crippen LogP contribution is 2.38. The van der Waals surface area contributed by atoms with Crippen LogP contribution in [0.1, 0.15) is 114 Å². The Bertz CT molecular complexity index is 1330. The Morgan fingerprint density at radius 1 is 1.02 bits per heavy atom. The van der Waals surface area contributed by atoms with Crippen molar-refractivity contribution in [1.29, 1.82) is 0 Å². The van der Waals surface area contributed by atoms with E-state index in [0.29, 0.717) is 0 Å². The number of hydrogen-bond donors (Lipinski definition) is 1. The summed E-state index contributed by atoms with van der Waals surface area (Å²) in [6.07, 6.45) is 11.6. The van der Waals surface area contributed by atoms with Crippen molar-refractivity contribution < 1.29 is 9.53 Å². The average molecular weight is 559 g/mol. The zero-order valence-electron chi connectivity index (χ0n) is 26.1. The zero-order valence-corrected chi connectivity index (χ0v) is 26.1. The molecule has 0 spiro atoms. The molecule has 3 aromatic rings. The minimum Gasteiger partial charge on any atom is -0.381 e. The van der Waals surface area contributed by atoms with E-state index in [1.54, 1.807) is 0 Å². The zero-order chi connectivity index (χ0) is 29.1. The van der Waals surface area contributed by atoms with Crippen LogP contribution in [0.5, 0.6) is 0 Å². The maximum atomic E-state index is 13.6. The number of amides is 1. The molecule has 6 heteroatoms. The van der Waals surface area contributed by atoms with Gasteiger partial charge < -0.3 is 14.6 Å². The van der Waals surface area contributed by atoms with Crippen LogP contribution in [-0.2, 0) is 16.7 Å². The summed E-state index contributed by atoms with van der Waals surface area (Å²) >= 11 is 0. The number of rotatable bonds is 8. The van der Waals surface area contributed by atoms with Crippen LogP contribution >= 0.6 is 0 Å². The Balaban J connectivity index is 1.54. The Kier molecular flexibility index (Phi) is 9.08. The number of benzene rings is 1. The molecule has 1 saturated heterocycles. The van der Waals surface area contributed by atoms with Gasteiger partial charge in [0.25, 0.3) is 5.91 Å². The first-order valence-corrected chi connectivity index (χ1v) is 15.9. The van der Waals surface area contributed by atoms with Crippen LogP contribution in [-0.4, -0.2) is 39.5 Å². The predicted octanol–water partition coefficient (Wildman–Crippen LogP) is 8.08. The third kappa shape index (κ3) is 6.63. The van der Waals surface area contributed by atoms with Gasteiger partial charge in [0.05, 0.1) is 11.3 Å². The third-order valence-corrected chi connectivity index (χ3v) is 9.21. The van der Waals surface area contributed by atoms with Crippen LogP contribution in [0, 0.1) is 12.8 Å². The van der Waals surface area contributed by atoms with Crippen molar-refractivity contribution in [2.45, 2.75) is 117 Å². The second-order valence-corrected chi connectivity index (χ2v) is 13.6. The van der Waals surface area contributed by atoms with E-state index in [2.05, 4.69) is 91.5 Å². The van der Waals surface area contributed by atoms with Crippen molar-refractivity contribution in [3.63, 3.8) is 0 Å². The molecular formula is C35H50N4O2. The summed E-state index contributed by atoms with van der Waals surface area (Å²) in [6.45, 7) is 15.7. The lowest BCUT2D eigenvalue weighted by Crippen LogP contribution is -2.39. The van der Waals surface area contributed by atoms with E-state index in [1.165, 1.54) is 55.2 Å². The second kappa shape index (κ2) is 12.6. The molecule has 3 heterocycles. The molecule has 1 aliphatic heterocycles. The normalized spacial score (nSPS) is 17.3. The van der Waals surface area contributed by atoms with Crippen LogP contribution in [0.3, 0.4) is 0 Å². The highest BCUT2D eigenvalue weighted by Gasteiger charge is 2.26. The van der Waals surface area contributed by atoms with Crippen molar-refractivity contribution >= 4 is 5.91 Å². The first-order valence-electron chi connectivity index (χ1n) is 15.9. The average Bonchev–Trinajstić information content (AvgIpc) is 3.57. The van der Waals surface area contributed by atoms with E-state index in [0.717, 1.165) is 61.2 Å². The van der Waals surface area contributed by atoms with Gasteiger partial charge in [-0.3, -0.25) is 9.48 Å². The minimum absolute atomic E-state index is 0.0422. The number of carbonyl (C=O) groups is 1. The molecule has 41 heavy (non-hydrogen) atoms. The van der Waals surface area contributed by atoms with Crippen LogP contribution in [0.25, 0.3) is 22.5 Å². The second-order valence-electron chi connectivity index (χ2n) is 13.6. The predicted molar refractivity (Wildman–Crippen MR) is 167 cm³/mol. The smallest absolute Gasteiger partial charge is 0.253 e. The summed E-state index contributed by atoms with van der Waals surface area (Å²) in [6, 6.07) is 11.6. The van der Waals surface area contributed by atoms with Crippen molar-refractivity contribution in [2.24, 2.45) is 5.92 Å². The molecule has 222 valence electrons. The van der Waals surface area contributed by atoms with Gasteiger partial charge in [0.2, 0.25) is 0 Å². The fraction of sp³-hybridized carbons (Fsp3) is 0.600. The third-order valence-electron chi connectivity index (χ3n) is 9.21. The first kappa shape index (κ1) is 29.6. The molecule has 6 nitrogen and oxygen atoms in total. The lowest BCUT2D eigenvalue weighted by Gasteiger charge is -2.26. The van der Waals surface area contributed by atoms with Gasteiger partial charge in [0.15, 0.2) is 0 Å². The standard InChI is InChI=1S/C35H50N4O2/c1-24(2)39-32(14-18-36-39)29-13-12-27(22-31(29)35(4,5)6)33-23-30(34(40)37-28-16-20-41-21-17-28)25(3)38(33)19-15-26-10-8-7-9-11-26/h12-14,18,22-24,26,28H,7-11,15-17,19-21H2,1-6H3,(H,37,40). The number of ether oxygens (including phenoxy) is 1. The summed E-state index contributed by atoms with van der Waals surface area (Å²) in [5, 5.41) is 7.93. The van der Waals surface area contributed by atoms with Crippen molar-refractivity contribution in [3.8, 4) is 22.5 Å². The van der Waals surface area contributed by atoms with E-state index in [9.17, 15) is 4.79 Å². The number of hydrogen-bond acceptors (Lipinski definition) is 3. The molecule has 0 atom stereocenters. The van der Waals surface area contributed by atoms with E-state index >= 15 is 0 Å². The van der Waals surface area contributed by atoms with Gasteiger partial charge in [-0.05, 0) is 80.7 Å². The maximum absolute atomic E-state index is 13.6. The number of aromatic nitrogens is 3. The van der Waals surface area contributed by atoms with Crippen molar-refractivity contribution in [2.75, 3.05) is 13.2 Å². The molecule has 1 amide bonds. The van der Waals surface area contributed by atoms with Gasteiger partial charge in [-0.15, -0.1) is 0 Å². The Morgan fingerprint density at radius 3 is 2.44 bits per heavy atom. The molecule has 1 N–H and O–H groups in total. The number of nitrogens with zero attached hydrogens (tertiary/aromatic N) is 3. The van der Waals surface area contributed by atoms with Crippen LogP contribution in [0.4, 0.5) is 0 Å². The molecular weight excluding hydrogens is 508 g/mol. The highest BCUT2D eigenvalue weighted by atomic mass is 16.5. The van der Waals surface area contributed by atoms with Crippen LogP contribution in [0.2, 0.25) is 0 Å². The van der Waals surface area contributed by atoms with Gasteiger partial charge in [-0.25, -0.2) is 0 Å². The number of nitrogens with one attached hydrogen (secondary N) is 1. The van der Waals surface area contributed by atoms with E-state index in [1.807, 2.05) is 6.20 Å². The summed E-state index contributed by atoms with van der Waals surface area (Å²) in [4.78, 5) is 13.6. The lowest BCUT2D eigenvalue weighted by atomic mass is 9.81. The Labute approximate surface area is 246 Å². The minimum atomic E-state index is -0.0603. The molecule has 1 saturated carbocycles. The van der Waals surface area contributed by atoms with Gasteiger partial charge in [-0.1, -0.05) is 65.0 Å². The number of carbonyl (C=O) groups excluding carboxylic acids is 1. The molecule has 2 fully saturated rings. The largest absolute Gasteiger partial charge is 0.381 e. The summed E-state index contributed by atoms with van der Waals surface area (Å²) in [7, 11) is 0. The highest BCUT2D eigenvalue weighted by molar-refractivity contribution is 5.97. The summed E-state index contributed by atoms with van der Waals surface area (Å²) in [5.74, 6) is 0.822. The van der Waals surface area contributed by atoms with Crippen LogP contribution in [0.15, 0.2) is 36.5 Å². The molecule has 2 aliphatic rings. The topological polar surface area (TPSA) is 61.1 Å². The van der Waals surface area contributed by atoms with E-state index in [4.69, 9.17) is 4.74 Å². The van der Waals surface area contributed by atoms with Crippen LogP contribution < -0.4 is 5.32 Å². The lowest BCUT2D eigenvalue weighted by molar-refractivity contribution is 0.0696. The van der Waals surface area contributed by atoms with Gasteiger partial charge in [-0.2, -0.15) is 5.10 Å². The molecule has 1 aromatic carbocycles. The van der Waals surface area contributed by atoms with Crippen molar-refractivity contribution in [3.05, 3.63) is 53.3 Å². The van der Waals surface area contributed by atoms with E-state index in [-0.39, 0.29) is 23.4 Å². The van der Waals surface area contributed by atoms with Crippen molar-refractivity contribution in [1.82, 2.24) is 19.7 Å². The summed E-state index contributed by atoms with van der Waals surface area (Å²) in [5.41, 5.74) is 7.79. The fourth-order valence-corrected chi connectivity index (χ4v) is 6.78. The van der Waals surface area contributed by atoms with E-state index < -0.39 is 0 Å². The SMILES string of the molecule is Cc1c(C(=O)NC2CCOCC2)cc(-c2ccc(-c3ccnn3C(C)C)c(C(C)(C)C)c2)n1CCC1CCCCC1. The fourth-order valence-electron chi connectivity index (χ4n) is 6.78. The molecule has 1 aliphatic carbocycles. The molecule has 0 radical (unpaired) electrons. The Morgan fingerprint density at radius 2 is 1.76 bits per heavy atom.